The normalized spacial score (nSPS) is 21.4. The van der Waals surface area contributed by atoms with Crippen molar-refractivity contribution < 1.29 is 31.8 Å². The van der Waals surface area contributed by atoms with Gasteiger partial charge in [-0.1, -0.05) is 12.1 Å². The number of hydrogen-bond donors (Lipinski definition) is 0. The van der Waals surface area contributed by atoms with E-state index in [1.807, 2.05) is 4.90 Å². The van der Waals surface area contributed by atoms with E-state index >= 15 is 0 Å². The molecule has 0 saturated carbocycles. The number of carbonyl (C=O) groups excluding carboxylic acids is 1. The van der Waals surface area contributed by atoms with Crippen LogP contribution in [0.15, 0.2) is 47.4 Å². The molecule has 34 heavy (non-hydrogen) atoms. The number of halogens is 1. The zero-order chi connectivity index (χ0) is 23.7. The van der Waals surface area contributed by atoms with Crippen molar-refractivity contribution in [3.05, 3.63) is 48.3 Å². The van der Waals surface area contributed by atoms with Crippen LogP contribution in [0.5, 0.6) is 11.5 Å². The maximum Gasteiger partial charge on any atom is 0.267 e. The minimum Gasteiger partial charge on any atom is -0.485 e. The predicted molar refractivity (Wildman–Crippen MR) is 121 cm³/mol. The van der Waals surface area contributed by atoms with Crippen molar-refractivity contribution in [3.63, 3.8) is 0 Å². The number of para-hydroxylation sites is 1. The van der Waals surface area contributed by atoms with Gasteiger partial charge in [0.25, 0.3) is 5.91 Å². The third-order valence-electron chi connectivity index (χ3n) is 6.24. The first kappa shape index (κ1) is 22.9. The maximum absolute atomic E-state index is 14.1. The number of piperazine rings is 1. The lowest BCUT2D eigenvalue weighted by Gasteiger charge is -2.35. The number of nitrogens with zero attached hydrogens (tertiary/aromatic N) is 3. The molecule has 2 aromatic rings. The van der Waals surface area contributed by atoms with E-state index in [9.17, 15) is 17.6 Å². The Morgan fingerprint density at radius 1 is 0.941 bits per heavy atom. The van der Waals surface area contributed by atoms with Crippen molar-refractivity contribution in [3.8, 4) is 11.5 Å². The van der Waals surface area contributed by atoms with Crippen LogP contribution in [-0.2, 0) is 19.6 Å². The molecule has 0 radical (unpaired) electrons. The van der Waals surface area contributed by atoms with Crippen LogP contribution in [0.4, 0.5) is 10.1 Å². The van der Waals surface area contributed by atoms with E-state index in [1.54, 1.807) is 23.1 Å². The molecule has 3 heterocycles. The van der Waals surface area contributed by atoms with Crippen molar-refractivity contribution in [2.45, 2.75) is 11.0 Å². The first-order chi connectivity index (χ1) is 16.4. The summed E-state index contributed by atoms with van der Waals surface area (Å²) in [5.74, 6) is 0.132. The van der Waals surface area contributed by atoms with E-state index in [-0.39, 0.29) is 42.1 Å². The second kappa shape index (κ2) is 9.40. The fourth-order valence-electron chi connectivity index (χ4n) is 4.35. The number of hydrogen-bond acceptors (Lipinski definition) is 7. The summed E-state index contributed by atoms with van der Waals surface area (Å²) in [7, 11) is -3.77. The number of carbonyl (C=O) groups is 1. The van der Waals surface area contributed by atoms with Crippen LogP contribution >= 0.6 is 0 Å². The standard InChI is InChI=1S/C23H26FN3O6S/c24-18-3-1-2-4-19(18)25-7-9-27(10-8-25)34(29,30)17-5-6-20-21(15-17)32-16-22(33-20)23(28)26-11-13-31-14-12-26/h1-6,15,22H,7-14,16H2/t22-/m0/s1. The average Bonchev–Trinajstić information content (AvgIpc) is 2.88. The molecule has 182 valence electrons. The van der Waals surface area contributed by atoms with Gasteiger partial charge < -0.3 is 24.0 Å². The van der Waals surface area contributed by atoms with E-state index in [1.165, 1.54) is 28.6 Å². The topological polar surface area (TPSA) is 88.6 Å². The molecule has 11 heteroatoms. The van der Waals surface area contributed by atoms with E-state index in [4.69, 9.17) is 14.2 Å². The predicted octanol–water partition coefficient (Wildman–Crippen LogP) is 1.34. The quantitative estimate of drug-likeness (QED) is 0.638. The number of ether oxygens (including phenoxy) is 3. The highest BCUT2D eigenvalue weighted by Gasteiger charge is 2.34. The van der Waals surface area contributed by atoms with Crippen molar-refractivity contribution in [2.75, 3.05) is 64.0 Å². The molecule has 1 amide bonds. The van der Waals surface area contributed by atoms with Gasteiger partial charge in [-0.15, -0.1) is 0 Å². The molecule has 0 bridgehead atoms. The van der Waals surface area contributed by atoms with E-state index in [2.05, 4.69) is 0 Å². The molecule has 0 aromatic heterocycles. The third kappa shape index (κ3) is 4.42. The molecule has 9 nitrogen and oxygen atoms in total. The summed E-state index contributed by atoms with van der Waals surface area (Å²) < 4.78 is 58.8. The lowest BCUT2D eigenvalue weighted by molar-refractivity contribution is -0.145. The molecule has 0 spiro atoms. The van der Waals surface area contributed by atoms with Gasteiger partial charge >= 0.3 is 0 Å². The van der Waals surface area contributed by atoms with Crippen LogP contribution in [0, 0.1) is 5.82 Å². The van der Waals surface area contributed by atoms with Crippen molar-refractivity contribution in [1.82, 2.24) is 9.21 Å². The largest absolute Gasteiger partial charge is 0.485 e. The summed E-state index contributed by atoms with van der Waals surface area (Å²) in [6.07, 6.45) is -0.778. The van der Waals surface area contributed by atoms with Crippen molar-refractivity contribution in [2.24, 2.45) is 0 Å². The lowest BCUT2D eigenvalue weighted by atomic mass is 10.2. The molecule has 5 rings (SSSR count). The number of sulfonamides is 1. The Bertz CT molecular complexity index is 1160. The van der Waals surface area contributed by atoms with Crippen molar-refractivity contribution >= 4 is 21.6 Å². The van der Waals surface area contributed by atoms with Crippen LogP contribution in [0.1, 0.15) is 0 Å². The lowest BCUT2D eigenvalue weighted by Crippen LogP contribution is -2.50. The van der Waals surface area contributed by atoms with Gasteiger partial charge in [0, 0.05) is 45.3 Å². The summed E-state index contributed by atoms with van der Waals surface area (Å²) in [5, 5.41) is 0. The van der Waals surface area contributed by atoms with Crippen LogP contribution in [-0.4, -0.2) is 88.7 Å². The van der Waals surface area contributed by atoms with Gasteiger partial charge in [-0.25, -0.2) is 12.8 Å². The molecular weight excluding hydrogens is 465 g/mol. The smallest absolute Gasteiger partial charge is 0.267 e. The molecule has 2 fully saturated rings. The minimum absolute atomic E-state index is 0.00794. The summed E-state index contributed by atoms with van der Waals surface area (Å²) in [6, 6.07) is 10.9. The summed E-state index contributed by atoms with van der Waals surface area (Å²) >= 11 is 0. The summed E-state index contributed by atoms with van der Waals surface area (Å²) in [6.45, 7) is 3.25. The Kier molecular flexibility index (Phi) is 6.32. The summed E-state index contributed by atoms with van der Waals surface area (Å²) in [4.78, 5) is 16.3. The fraction of sp³-hybridized carbons (Fsp3) is 0.435. The van der Waals surface area contributed by atoms with Crippen LogP contribution < -0.4 is 14.4 Å². The molecule has 3 aliphatic rings. The Balaban J connectivity index is 1.25. The first-order valence-corrected chi connectivity index (χ1v) is 12.7. The van der Waals surface area contributed by atoms with Gasteiger partial charge in [0.05, 0.1) is 23.8 Å². The van der Waals surface area contributed by atoms with Crippen molar-refractivity contribution in [1.29, 1.82) is 0 Å². The van der Waals surface area contributed by atoms with E-state index in [0.717, 1.165) is 0 Å². The highest BCUT2D eigenvalue weighted by molar-refractivity contribution is 7.89. The number of morpholine rings is 1. The highest BCUT2D eigenvalue weighted by Crippen LogP contribution is 2.35. The van der Waals surface area contributed by atoms with E-state index < -0.39 is 16.1 Å². The van der Waals surface area contributed by atoms with Gasteiger partial charge in [0.2, 0.25) is 16.1 Å². The first-order valence-electron chi connectivity index (χ1n) is 11.2. The number of benzene rings is 2. The van der Waals surface area contributed by atoms with Gasteiger partial charge in [-0.05, 0) is 24.3 Å². The highest BCUT2D eigenvalue weighted by atomic mass is 32.2. The summed E-state index contributed by atoms with van der Waals surface area (Å²) in [5.41, 5.74) is 0.472. The number of rotatable bonds is 4. The number of fused-ring (bicyclic) bond motifs is 1. The monoisotopic (exact) mass is 491 g/mol. The van der Waals surface area contributed by atoms with Crippen LogP contribution in [0.3, 0.4) is 0 Å². The molecule has 0 N–H and O–H groups in total. The average molecular weight is 492 g/mol. The van der Waals surface area contributed by atoms with Gasteiger partial charge in [-0.3, -0.25) is 4.79 Å². The van der Waals surface area contributed by atoms with Gasteiger partial charge in [0.15, 0.2) is 11.5 Å². The Labute approximate surface area is 197 Å². The maximum atomic E-state index is 14.1. The SMILES string of the molecule is O=C([C@@H]1COc2cc(S(=O)(=O)N3CCN(c4ccccc4F)CC3)ccc2O1)N1CCOCC1. The van der Waals surface area contributed by atoms with E-state index in [0.29, 0.717) is 50.8 Å². The van der Waals surface area contributed by atoms with Gasteiger partial charge in [0.1, 0.15) is 12.4 Å². The Morgan fingerprint density at radius 3 is 2.41 bits per heavy atom. The van der Waals surface area contributed by atoms with Crippen LogP contribution in [0.2, 0.25) is 0 Å². The molecule has 3 aliphatic heterocycles. The molecule has 1 atom stereocenters. The minimum atomic E-state index is -3.77. The second-order valence-corrected chi connectivity index (χ2v) is 10.2. The molecule has 2 aromatic carbocycles. The molecule has 2 saturated heterocycles. The molecule has 0 aliphatic carbocycles. The number of amides is 1. The number of anilines is 1. The Hall–Kier alpha value is -2.89. The zero-order valence-corrected chi connectivity index (χ0v) is 19.4. The van der Waals surface area contributed by atoms with Gasteiger partial charge in [-0.2, -0.15) is 4.31 Å². The fourth-order valence-corrected chi connectivity index (χ4v) is 5.79. The molecular formula is C23H26FN3O6S. The Morgan fingerprint density at radius 2 is 1.68 bits per heavy atom. The van der Waals surface area contributed by atoms with Crippen LogP contribution in [0.25, 0.3) is 0 Å². The third-order valence-corrected chi connectivity index (χ3v) is 8.14. The second-order valence-electron chi connectivity index (χ2n) is 8.31. The zero-order valence-electron chi connectivity index (χ0n) is 18.6. The molecule has 0 unspecified atom stereocenters.